The number of nitrogens with two attached hydrogens (primary N) is 1. The van der Waals surface area contributed by atoms with Gasteiger partial charge in [-0.25, -0.2) is 9.07 Å². The lowest BCUT2D eigenvalue weighted by atomic mass is 10.2. The van der Waals surface area contributed by atoms with Crippen LogP contribution in [0.15, 0.2) is 30.6 Å². The number of aromatic nitrogens is 2. The van der Waals surface area contributed by atoms with E-state index in [1.165, 1.54) is 10.7 Å². The lowest BCUT2D eigenvalue weighted by Gasteiger charge is -2.12. The molecule has 1 amide bonds. The van der Waals surface area contributed by atoms with E-state index in [2.05, 4.69) is 10.4 Å². The lowest BCUT2D eigenvalue weighted by Crippen LogP contribution is -2.36. The number of hydrogen-bond acceptors (Lipinski definition) is 4. The van der Waals surface area contributed by atoms with E-state index in [-0.39, 0.29) is 5.91 Å². The SMILES string of the molecule is CSCC[C@H](N)C(=O)Nc1ccc(-n2cc(C)cn2)c(F)c1. The van der Waals surface area contributed by atoms with Gasteiger partial charge in [0.25, 0.3) is 0 Å². The minimum absolute atomic E-state index is 0.309. The van der Waals surface area contributed by atoms with E-state index >= 15 is 0 Å². The van der Waals surface area contributed by atoms with Crippen LogP contribution in [0.1, 0.15) is 12.0 Å². The number of nitrogens with one attached hydrogen (secondary N) is 1. The highest BCUT2D eigenvalue weighted by Gasteiger charge is 2.14. The Bertz CT molecular complexity index is 659. The fraction of sp³-hybridized carbons (Fsp3) is 0.333. The van der Waals surface area contributed by atoms with Crippen molar-refractivity contribution in [1.29, 1.82) is 0 Å². The van der Waals surface area contributed by atoms with Crippen LogP contribution in [0.25, 0.3) is 5.69 Å². The van der Waals surface area contributed by atoms with Crippen molar-refractivity contribution < 1.29 is 9.18 Å². The van der Waals surface area contributed by atoms with E-state index in [4.69, 9.17) is 5.73 Å². The normalized spacial score (nSPS) is 12.2. The maximum absolute atomic E-state index is 14.2. The number of aryl methyl sites for hydroxylation is 1. The third-order valence-electron chi connectivity index (χ3n) is 3.14. The molecule has 1 aromatic carbocycles. The van der Waals surface area contributed by atoms with Gasteiger partial charge in [-0.2, -0.15) is 16.9 Å². The molecule has 0 unspecified atom stereocenters. The van der Waals surface area contributed by atoms with Crippen LogP contribution < -0.4 is 11.1 Å². The number of thioether (sulfide) groups is 1. The molecule has 2 aromatic rings. The van der Waals surface area contributed by atoms with Crippen molar-refractivity contribution in [3.05, 3.63) is 42.0 Å². The van der Waals surface area contributed by atoms with Crippen LogP contribution in [0, 0.1) is 12.7 Å². The predicted octanol–water partition coefficient (Wildman–Crippen LogP) is 2.34. The molecule has 2 rings (SSSR count). The Hall–Kier alpha value is -1.86. The quantitative estimate of drug-likeness (QED) is 0.856. The molecule has 1 aromatic heterocycles. The Morgan fingerprint density at radius 3 is 2.91 bits per heavy atom. The minimum atomic E-state index is -0.594. The number of carbonyl (C=O) groups excluding carboxylic acids is 1. The Morgan fingerprint density at radius 2 is 2.32 bits per heavy atom. The number of anilines is 1. The highest BCUT2D eigenvalue weighted by atomic mass is 32.2. The van der Waals surface area contributed by atoms with Crippen molar-refractivity contribution in [2.24, 2.45) is 5.73 Å². The number of benzene rings is 1. The molecule has 0 aliphatic heterocycles. The number of carbonyl (C=O) groups is 1. The van der Waals surface area contributed by atoms with Crippen molar-refractivity contribution in [3.8, 4) is 5.69 Å². The minimum Gasteiger partial charge on any atom is -0.325 e. The van der Waals surface area contributed by atoms with Gasteiger partial charge in [0.05, 0.1) is 12.2 Å². The van der Waals surface area contributed by atoms with E-state index in [1.807, 2.05) is 13.2 Å². The van der Waals surface area contributed by atoms with Gasteiger partial charge in [-0.05, 0) is 49.1 Å². The highest BCUT2D eigenvalue weighted by Crippen LogP contribution is 2.18. The molecule has 0 radical (unpaired) electrons. The molecular weight excluding hydrogens is 303 g/mol. The van der Waals surface area contributed by atoms with Gasteiger partial charge in [-0.1, -0.05) is 0 Å². The Morgan fingerprint density at radius 1 is 1.55 bits per heavy atom. The molecule has 5 nitrogen and oxygen atoms in total. The standard InChI is InChI=1S/C15H19FN4OS/c1-10-8-18-20(9-10)14-4-3-11(7-12(14)16)19-15(21)13(17)5-6-22-2/h3-4,7-9,13H,5-6,17H2,1-2H3,(H,19,21)/t13-/m0/s1. The van der Waals surface area contributed by atoms with E-state index in [0.717, 1.165) is 11.3 Å². The first-order chi connectivity index (χ1) is 10.5. The molecule has 0 aliphatic carbocycles. The molecule has 0 bridgehead atoms. The summed E-state index contributed by atoms with van der Waals surface area (Å²) in [5, 5.41) is 6.70. The number of nitrogens with zero attached hydrogens (tertiary/aromatic N) is 2. The molecule has 22 heavy (non-hydrogen) atoms. The molecule has 1 atom stereocenters. The van der Waals surface area contributed by atoms with E-state index in [9.17, 15) is 9.18 Å². The second kappa shape index (κ2) is 7.42. The van der Waals surface area contributed by atoms with Crippen molar-refractivity contribution in [1.82, 2.24) is 9.78 Å². The highest BCUT2D eigenvalue weighted by molar-refractivity contribution is 7.98. The lowest BCUT2D eigenvalue weighted by molar-refractivity contribution is -0.117. The van der Waals surface area contributed by atoms with Gasteiger partial charge >= 0.3 is 0 Å². The largest absolute Gasteiger partial charge is 0.325 e. The van der Waals surface area contributed by atoms with Gasteiger partial charge in [-0.3, -0.25) is 4.79 Å². The monoisotopic (exact) mass is 322 g/mol. The van der Waals surface area contributed by atoms with Gasteiger partial charge in [0.2, 0.25) is 5.91 Å². The first kappa shape index (κ1) is 16.5. The van der Waals surface area contributed by atoms with Crippen molar-refractivity contribution in [2.45, 2.75) is 19.4 Å². The number of halogens is 1. The fourth-order valence-electron chi connectivity index (χ4n) is 1.93. The third-order valence-corrected chi connectivity index (χ3v) is 3.79. The summed E-state index contributed by atoms with van der Waals surface area (Å²) in [5.74, 6) is 0.0373. The smallest absolute Gasteiger partial charge is 0.241 e. The summed E-state index contributed by atoms with van der Waals surface area (Å²) in [6, 6.07) is 3.88. The summed E-state index contributed by atoms with van der Waals surface area (Å²) < 4.78 is 15.6. The summed E-state index contributed by atoms with van der Waals surface area (Å²) in [4.78, 5) is 11.9. The second-order valence-corrected chi connectivity index (χ2v) is 5.99. The molecule has 0 saturated heterocycles. The Labute approximate surface area is 133 Å². The summed E-state index contributed by atoms with van der Waals surface area (Å²) in [6.07, 6.45) is 5.92. The molecule has 0 aliphatic rings. The van der Waals surface area contributed by atoms with Crippen LogP contribution in [0.5, 0.6) is 0 Å². The number of rotatable bonds is 6. The molecule has 0 saturated carbocycles. The van der Waals surface area contributed by atoms with E-state index in [1.54, 1.807) is 36.3 Å². The maximum Gasteiger partial charge on any atom is 0.241 e. The van der Waals surface area contributed by atoms with Crippen LogP contribution in [0.4, 0.5) is 10.1 Å². The topological polar surface area (TPSA) is 72.9 Å². The fourth-order valence-corrected chi connectivity index (χ4v) is 2.42. The van der Waals surface area contributed by atoms with Crippen LogP contribution in [-0.4, -0.2) is 33.7 Å². The van der Waals surface area contributed by atoms with Gasteiger partial charge < -0.3 is 11.1 Å². The number of amides is 1. The maximum atomic E-state index is 14.2. The molecular formula is C15H19FN4OS. The van der Waals surface area contributed by atoms with Crippen molar-refractivity contribution >= 4 is 23.4 Å². The van der Waals surface area contributed by atoms with E-state index < -0.39 is 11.9 Å². The van der Waals surface area contributed by atoms with Crippen LogP contribution in [-0.2, 0) is 4.79 Å². The molecule has 0 fully saturated rings. The number of hydrogen-bond donors (Lipinski definition) is 2. The predicted molar refractivity (Wildman–Crippen MR) is 87.9 cm³/mol. The van der Waals surface area contributed by atoms with Crippen molar-refractivity contribution in [3.63, 3.8) is 0 Å². The second-order valence-electron chi connectivity index (χ2n) is 5.01. The average Bonchev–Trinajstić information content (AvgIpc) is 2.91. The van der Waals surface area contributed by atoms with Gasteiger partial charge in [0, 0.05) is 11.9 Å². The summed E-state index contributed by atoms with van der Waals surface area (Å²) in [7, 11) is 0. The van der Waals surface area contributed by atoms with E-state index in [0.29, 0.717) is 17.8 Å². The zero-order valence-electron chi connectivity index (χ0n) is 12.5. The summed E-state index contributed by atoms with van der Waals surface area (Å²) in [6.45, 7) is 1.88. The van der Waals surface area contributed by atoms with Crippen LogP contribution >= 0.6 is 11.8 Å². The van der Waals surface area contributed by atoms with Crippen LogP contribution in [0.2, 0.25) is 0 Å². The molecule has 0 spiro atoms. The third kappa shape index (κ3) is 4.08. The van der Waals surface area contributed by atoms with Gasteiger partial charge in [0.15, 0.2) is 5.82 Å². The Kier molecular flexibility index (Phi) is 5.57. The van der Waals surface area contributed by atoms with Gasteiger partial charge in [-0.15, -0.1) is 0 Å². The summed E-state index contributed by atoms with van der Waals surface area (Å²) >= 11 is 1.63. The first-order valence-electron chi connectivity index (χ1n) is 6.88. The van der Waals surface area contributed by atoms with Gasteiger partial charge in [0.1, 0.15) is 5.69 Å². The zero-order valence-corrected chi connectivity index (χ0v) is 13.4. The van der Waals surface area contributed by atoms with Crippen LogP contribution in [0.3, 0.4) is 0 Å². The molecule has 3 N–H and O–H groups in total. The zero-order chi connectivity index (χ0) is 16.1. The summed E-state index contributed by atoms with van der Waals surface area (Å²) in [5.41, 5.74) is 7.44. The Balaban J connectivity index is 2.08. The molecule has 1 heterocycles. The van der Waals surface area contributed by atoms with Crippen molar-refractivity contribution in [2.75, 3.05) is 17.3 Å². The average molecular weight is 322 g/mol. The molecule has 7 heteroatoms. The molecule has 118 valence electrons. The first-order valence-corrected chi connectivity index (χ1v) is 8.27.